The molecule has 0 heterocycles. The lowest BCUT2D eigenvalue weighted by molar-refractivity contribution is -0.227. The Morgan fingerprint density at radius 1 is 1.06 bits per heavy atom. The van der Waals surface area contributed by atoms with Crippen LogP contribution in [0.15, 0.2) is 11.9 Å². The number of hydrogen-bond acceptors (Lipinski definition) is 2. The molecular weight excluding hydrogens is 390 g/mol. The second kappa shape index (κ2) is 9.21. The van der Waals surface area contributed by atoms with Gasteiger partial charge in [-0.1, -0.05) is 33.6 Å². The summed E-state index contributed by atoms with van der Waals surface area (Å²) in [7, 11) is 0. The van der Waals surface area contributed by atoms with Gasteiger partial charge in [-0.05, 0) is 99.2 Å². The Morgan fingerprint density at radius 2 is 1.84 bits per heavy atom. The van der Waals surface area contributed by atoms with Crippen LogP contribution >= 0.6 is 0 Å². The van der Waals surface area contributed by atoms with Crippen molar-refractivity contribution in [1.29, 1.82) is 0 Å². The van der Waals surface area contributed by atoms with E-state index in [9.17, 15) is 0 Å². The summed E-state index contributed by atoms with van der Waals surface area (Å²) in [6, 6.07) is 0. The maximum Gasteiger partial charge on any atom is 0.254 e. The van der Waals surface area contributed by atoms with Gasteiger partial charge in [0.05, 0.1) is 0 Å². The van der Waals surface area contributed by atoms with Crippen molar-refractivity contribution in [2.75, 3.05) is 6.54 Å². The molecule has 4 fully saturated rings. The van der Waals surface area contributed by atoms with Crippen molar-refractivity contribution in [3.05, 3.63) is 11.9 Å². The van der Waals surface area contributed by atoms with Gasteiger partial charge >= 0.3 is 0 Å². The molecule has 2 nitrogen and oxygen atoms in total. The van der Waals surface area contributed by atoms with Crippen LogP contribution in [0.1, 0.15) is 97.8 Å². The molecule has 0 saturated heterocycles. The van der Waals surface area contributed by atoms with Gasteiger partial charge in [0.15, 0.2) is 0 Å². The van der Waals surface area contributed by atoms with E-state index in [1.807, 2.05) is 13.1 Å². The van der Waals surface area contributed by atoms with Crippen LogP contribution in [0.2, 0.25) is 0 Å². The number of allylic oxidation sites excluding steroid dienone is 1. The minimum atomic E-state index is -2.53. The van der Waals surface area contributed by atoms with Crippen LogP contribution in [0.25, 0.3) is 0 Å². The third-order valence-corrected chi connectivity index (χ3v) is 10.3. The zero-order chi connectivity index (χ0) is 22.2. The molecule has 4 aliphatic carbocycles. The maximum atomic E-state index is 15.9. The van der Waals surface area contributed by atoms with Crippen LogP contribution in [-0.2, 0) is 0 Å². The fourth-order valence-electron chi connectivity index (χ4n) is 8.54. The van der Waals surface area contributed by atoms with Crippen LogP contribution < -0.4 is 11.1 Å². The van der Waals surface area contributed by atoms with Gasteiger partial charge in [0, 0.05) is 30.3 Å². The first-order valence-corrected chi connectivity index (χ1v) is 13.3. The monoisotopic (exact) mass is 436 g/mol. The molecular formula is C27H46F2N2. The van der Waals surface area contributed by atoms with Crippen LogP contribution in [0, 0.1) is 46.8 Å². The average molecular weight is 437 g/mol. The molecule has 0 amide bonds. The SMILES string of the molecule is CCCC/C(N)=C/NCCC1CCC2C3CCC4CC(C)CCC4C3CC(F)(F)C12C. The summed E-state index contributed by atoms with van der Waals surface area (Å²) < 4.78 is 31.8. The lowest BCUT2D eigenvalue weighted by atomic mass is 9.48. The molecule has 0 aromatic carbocycles. The van der Waals surface area contributed by atoms with E-state index >= 15 is 8.78 Å². The predicted octanol–water partition coefficient (Wildman–Crippen LogP) is 7.11. The van der Waals surface area contributed by atoms with Crippen LogP contribution in [0.5, 0.6) is 0 Å². The summed E-state index contributed by atoms with van der Waals surface area (Å²) in [6.07, 6.45) is 14.3. The molecule has 4 heteroatoms. The zero-order valence-corrected chi connectivity index (χ0v) is 20.1. The second-order valence-corrected chi connectivity index (χ2v) is 11.9. The lowest BCUT2D eigenvalue weighted by Crippen LogP contribution is -2.58. The maximum absolute atomic E-state index is 15.9. The van der Waals surface area contributed by atoms with Crippen molar-refractivity contribution < 1.29 is 8.78 Å². The summed E-state index contributed by atoms with van der Waals surface area (Å²) in [4.78, 5) is 0. The van der Waals surface area contributed by atoms with E-state index in [0.717, 1.165) is 62.6 Å². The molecule has 8 unspecified atom stereocenters. The van der Waals surface area contributed by atoms with Crippen molar-refractivity contribution in [3.8, 4) is 0 Å². The van der Waals surface area contributed by atoms with Gasteiger partial charge in [-0.3, -0.25) is 0 Å². The molecule has 0 aromatic heterocycles. The molecule has 178 valence electrons. The van der Waals surface area contributed by atoms with E-state index in [-0.39, 0.29) is 24.2 Å². The molecule has 0 bridgehead atoms. The summed E-state index contributed by atoms with van der Waals surface area (Å²) >= 11 is 0. The molecule has 4 rings (SSSR count). The predicted molar refractivity (Wildman–Crippen MR) is 125 cm³/mol. The van der Waals surface area contributed by atoms with E-state index in [1.54, 1.807) is 0 Å². The van der Waals surface area contributed by atoms with Gasteiger partial charge in [0.1, 0.15) is 0 Å². The summed E-state index contributed by atoms with van der Waals surface area (Å²) in [6.45, 7) is 7.24. The molecule has 0 aliphatic heterocycles. The molecule has 31 heavy (non-hydrogen) atoms. The number of rotatable bonds is 7. The highest BCUT2D eigenvalue weighted by atomic mass is 19.3. The molecule has 4 saturated carbocycles. The number of unbranched alkanes of at least 4 members (excludes halogenated alkanes) is 1. The Bertz CT molecular complexity index is 647. The topological polar surface area (TPSA) is 38.0 Å². The quantitative estimate of drug-likeness (QED) is 0.417. The second-order valence-electron chi connectivity index (χ2n) is 11.9. The smallest absolute Gasteiger partial charge is 0.254 e. The molecule has 0 aromatic rings. The van der Waals surface area contributed by atoms with Crippen molar-refractivity contribution in [2.24, 2.45) is 52.6 Å². The van der Waals surface area contributed by atoms with Crippen molar-refractivity contribution in [1.82, 2.24) is 5.32 Å². The van der Waals surface area contributed by atoms with E-state index in [0.29, 0.717) is 11.8 Å². The fraction of sp³-hybridized carbons (Fsp3) is 0.926. The van der Waals surface area contributed by atoms with Crippen molar-refractivity contribution in [2.45, 2.75) is 104 Å². The largest absolute Gasteiger partial charge is 0.401 e. The molecule has 4 aliphatic rings. The highest BCUT2D eigenvalue weighted by molar-refractivity contribution is 5.12. The average Bonchev–Trinajstić information content (AvgIpc) is 3.07. The highest BCUT2D eigenvalue weighted by Gasteiger charge is 2.68. The first-order valence-electron chi connectivity index (χ1n) is 13.3. The van der Waals surface area contributed by atoms with Gasteiger partial charge in [-0.25, -0.2) is 8.78 Å². The standard InChI is InChI=1S/C27H46F2N2/c1-4-5-6-21(30)17-31-14-13-20-9-12-25-23-11-8-19-15-18(2)7-10-22(19)24(23)16-27(28,29)26(20,25)3/h17-20,22-25,31H,4-16,30H2,1-3H3/b21-17-. The Morgan fingerprint density at radius 3 is 2.61 bits per heavy atom. The number of alkyl halides is 2. The minimum Gasteiger partial charge on any atom is -0.401 e. The Balaban J connectivity index is 1.42. The third-order valence-electron chi connectivity index (χ3n) is 10.3. The van der Waals surface area contributed by atoms with Crippen molar-refractivity contribution in [3.63, 3.8) is 0 Å². The van der Waals surface area contributed by atoms with Crippen LogP contribution in [-0.4, -0.2) is 12.5 Å². The number of halogens is 2. The van der Waals surface area contributed by atoms with Gasteiger partial charge in [-0.2, -0.15) is 0 Å². The van der Waals surface area contributed by atoms with Gasteiger partial charge < -0.3 is 11.1 Å². The highest BCUT2D eigenvalue weighted by Crippen LogP contribution is 2.69. The lowest BCUT2D eigenvalue weighted by Gasteiger charge is -2.59. The normalized spacial score (nSPS) is 44.3. The summed E-state index contributed by atoms with van der Waals surface area (Å²) in [5, 5.41) is 3.33. The first kappa shape index (κ1) is 23.4. The first-order chi connectivity index (χ1) is 14.8. The fourth-order valence-corrected chi connectivity index (χ4v) is 8.54. The summed E-state index contributed by atoms with van der Waals surface area (Å²) in [5.41, 5.74) is 6.10. The van der Waals surface area contributed by atoms with Crippen LogP contribution in [0.4, 0.5) is 8.78 Å². The van der Waals surface area contributed by atoms with E-state index < -0.39 is 11.3 Å². The molecule has 0 spiro atoms. The molecule has 8 atom stereocenters. The zero-order valence-electron chi connectivity index (χ0n) is 20.1. The minimum absolute atomic E-state index is 0.121. The van der Waals surface area contributed by atoms with E-state index in [2.05, 4.69) is 19.2 Å². The van der Waals surface area contributed by atoms with Gasteiger partial charge in [0.25, 0.3) is 5.92 Å². The molecule has 0 radical (unpaired) electrons. The number of hydrogen-bond donors (Lipinski definition) is 2. The Labute approximate surface area is 189 Å². The van der Waals surface area contributed by atoms with Gasteiger partial charge in [-0.15, -0.1) is 0 Å². The Hall–Kier alpha value is -0.800. The van der Waals surface area contributed by atoms with E-state index in [1.165, 1.54) is 32.1 Å². The third kappa shape index (κ3) is 4.26. The number of nitrogens with two attached hydrogens (primary N) is 1. The Kier molecular flexibility index (Phi) is 6.94. The van der Waals surface area contributed by atoms with Crippen molar-refractivity contribution >= 4 is 0 Å². The van der Waals surface area contributed by atoms with Crippen LogP contribution in [0.3, 0.4) is 0 Å². The number of nitrogens with one attached hydrogen (secondary N) is 1. The van der Waals surface area contributed by atoms with E-state index in [4.69, 9.17) is 5.73 Å². The number of fused-ring (bicyclic) bond motifs is 5. The summed E-state index contributed by atoms with van der Waals surface area (Å²) in [5.74, 6) is 0.715. The van der Waals surface area contributed by atoms with Gasteiger partial charge in [0.2, 0.25) is 0 Å². The molecule has 3 N–H and O–H groups in total.